The SMILES string of the molecule is COC(=O)COc1cc(I)c(Cl)c(I)c1OCC(=O)OC. The minimum atomic E-state index is -0.542. The summed E-state index contributed by atoms with van der Waals surface area (Å²) in [5.74, 6) is -0.508. The number of carbonyl (C=O) groups is 2. The molecule has 1 aromatic rings. The molecule has 1 rings (SSSR count). The predicted octanol–water partition coefficient (Wildman–Crippen LogP) is 2.65. The molecular weight excluding hydrogens is 529 g/mol. The zero-order valence-electron chi connectivity index (χ0n) is 11.1. The predicted molar refractivity (Wildman–Crippen MR) is 91.9 cm³/mol. The lowest BCUT2D eigenvalue weighted by atomic mass is 10.3. The van der Waals surface area contributed by atoms with Gasteiger partial charge in [0.25, 0.3) is 0 Å². The molecule has 0 aliphatic carbocycles. The molecule has 0 saturated heterocycles. The van der Waals surface area contributed by atoms with E-state index in [1.54, 1.807) is 6.07 Å². The number of esters is 2. The van der Waals surface area contributed by atoms with Crippen LogP contribution in [0.4, 0.5) is 0 Å². The van der Waals surface area contributed by atoms with Gasteiger partial charge >= 0.3 is 11.9 Å². The number of benzene rings is 1. The third-order valence-electron chi connectivity index (χ3n) is 2.22. The lowest BCUT2D eigenvalue weighted by Gasteiger charge is -2.15. The minimum absolute atomic E-state index is 0.273. The van der Waals surface area contributed by atoms with Gasteiger partial charge in [0.1, 0.15) is 0 Å². The molecule has 0 saturated carbocycles. The van der Waals surface area contributed by atoms with Crippen molar-refractivity contribution in [3.8, 4) is 11.5 Å². The van der Waals surface area contributed by atoms with Crippen LogP contribution in [-0.4, -0.2) is 39.4 Å². The number of ether oxygens (including phenoxy) is 4. The fourth-order valence-corrected chi connectivity index (χ4v) is 3.10. The van der Waals surface area contributed by atoms with Crippen molar-refractivity contribution in [1.29, 1.82) is 0 Å². The first-order valence-corrected chi connectivity index (χ1v) is 8.01. The van der Waals surface area contributed by atoms with Crippen molar-refractivity contribution in [2.24, 2.45) is 0 Å². The summed E-state index contributed by atoms with van der Waals surface area (Å²) in [6.07, 6.45) is 0. The van der Waals surface area contributed by atoms with E-state index < -0.39 is 11.9 Å². The van der Waals surface area contributed by atoms with Gasteiger partial charge in [0, 0.05) is 3.57 Å². The van der Waals surface area contributed by atoms with Gasteiger partial charge in [-0.2, -0.15) is 0 Å². The van der Waals surface area contributed by atoms with Crippen LogP contribution in [0.3, 0.4) is 0 Å². The van der Waals surface area contributed by atoms with Crippen molar-refractivity contribution in [3.63, 3.8) is 0 Å². The van der Waals surface area contributed by atoms with Crippen molar-refractivity contribution >= 4 is 68.7 Å². The Morgan fingerprint density at radius 2 is 1.62 bits per heavy atom. The average Bonchev–Trinajstić information content (AvgIpc) is 2.49. The molecule has 9 heteroatoms. The molecule has 0 aromatic heterocycles. The zero-order valence-corrected chi connectivity index (χ0v) is 16.1. The Morgan fingerprint density at radius 3 is 2.14 bits per heavy atom. The molecule has 0 N–H and O–H groups in total. The number of halogens is 3. The van der Waals surface area contributed by atoms with Gasteiger partial charge in [-0.1, -0.05) is 11.6 Å². The van der Waals surface area contributed by atoms with Crippen molar-refractivity contribution in [2.45, 2.75) is 0 Å². The molecule has 116 valence electrons. The number of rotatable bonds is 6. The van der Waals surface area contributed by atoms with E-state index in [1.807, 2.05) is 45.2 Å². The first kappa shape index (κ1) is 18.6. The Hall–Kier alpha value is -0.490. The summed E-state index contributed by atoms with van der Waals surface area (Å²) < 4.78 is 21.0. The number of carbonyl (C=O) groups excluding carboxylic acids is 2. The molecule has 0 fully saturated rings. The summed E-state index contributed by atoms with van der Waals surface area (Å²) in [6, 6.07) is 1.61. The summed E-state index contributed by atoms with van der Waals surface area (Å²) in [5.41, 5.74) is 0. The molecular formula is C12H11ClI2O6. The summed E-state index contributed by atoms with van der Waals surface area (Å²) in [7, 11) is 2.52. The monoisotopic (exact) mass is 540 g/mol. The highest BCUT2D eigenvalue weighted by Crippen LogP contribution is 2.40. The minimum Gasteiger partial charge on any atom is -0.478 e. The molecule has 0 amide bonds. The summed E-state index contributed by atoms with van der Waals surface area (Å²) in [5, 5.41) is 0.474. The Kier molecular flexibility index (Phi) is 7.81. The quantitative estimate of drug-likeness (QED) is 0.314. The lowest BCUT2D eigenvalue weighted by molar-refractivity contribution is -0.144. The standard InChI is InChI=1S/C12H11ClI2O6/c1-18-8(16)4-20-7-3-6(14)10(13)11(15)12(7)21-5-9(17)19-2/h3H,4-5H2,1-2H3. The molecule has 0 atom stereocenters. The fourth-order valence-electron chi connectivity index (χ4n) is 1.18. The van der Waals surface area contributed by atoms with E-state index in [4.69, 9.17) is 21.1 Å². The molecule has 21 heavy (non-hydrogen) atoms. The van der Waals surface area contributed by atoms with E-state index in [1.165, 1.54) is 14.2 Å². The molecule has 0 aliphatic rings. The molecule has 0 radical (unpaired) electrons. The zero-order chi connectivity index (χ0) is 16.0. The Bertz CT molecular complexity index is 549. The Morgan fingerprint density at radius 1 is 1.10 bits per heavy atom. The van der Waals surface area contributed by atoms with Gasteiger partial charge in [0.15, 0.2) is 24.7 Å². The van der Waals surface area contributed by atoms with Crippen LogP contribution in [0, 0.1) is 7.14 Å². The largest absolute Gasteiger partial charge is 0.478 e. The van der Waals surface area contributed by atoms with E-state index in [-0.39, 0.29) is 19.0 Å². The maximum Gasteiger partial charge on any atom is 0.343 e. The number of methoxy groups -OCH3 is 2. The summed E-state index contributed by atoms with van der Waals surface area (Å²) >= 11 is 10.1. The van der Waals surface area contributed by atoms with Gasteiger partial charge in [-0.15, -0.1) is 0 Å². The van der Waals surface area contributed by atoms with E-state index in [0.717, 1.165) is 3.57 Å². The first-order valence-electron chi connectivity index (χ1n) is 5.47. The van der Waals surface area contributed by atoms with Crippen LogP contribution in [0.25, 0.3) is 0 Å². The maximum atomic E-state index is 11.2. The number of hydrogen-bond donors (Lipinski definition) is 0. The second-order valence-corrected chi connectivity index (χ2v) is 6.16. The molecule has 0 spiro atoms. The van der Waals surface area contributed by atoms with Crippen LogP contribution in [0.2, 0.25) is 5.02 Å². The van der Waals surface area contributed by atoms with Gasteiger partial charge in [-0.3, -0.25) is 0 Å². The van der Waals surface area contributed by atoms with Crippen molar-refractivity contribution < 1.29 is 28.5 Å². The third-order valence-corrected chi connectivity index (χ3v) is 5.13. The van der Waals surface area contributed by atoms with Crippen LogP contribution in [-0.2, 0) is 19.1 Å². The van der Waals surface area contributed by atoms with E-state index in [0.29, 0.717) is 14.3 Å². The highest BCUT2D eigenvalue weighted by Gasteiger charge is 2.19. The average molecular weight is 540 g/mol. The van der Waals surface area contributed by atoms with E-state index >= 15 is 0 Å². The first-order chi connectivity index (χ1) is 9.90. The van der Waals surface area contributed by atoms with Crippen LogP contribution in [0.15, 0.2) is 6.07 Å². The lowest BCUT2D eigenvalue weighted by Crippen LogP contribution is -2.16. The van der Waals surface area contributed by atoms with Gasteiger partial charge in [-0.05, 0) is 51.2 Å². The molecule has 0 heterocycles. The molecule has 0 bridgehead atoms. The maximum absolute atomic E-state index is 11.2. The smallest absolute Gasteiger partial charge is 0.343 e. The highest BCUT2D eigenvalue weighted by molar-refractivity contribution is 14.1. The molecule has 1 aromatic carbocycles. The van der Waals surface area contributed by atoms with Gasteiger partial charge < -0.3 is 18.9 Å². The number of hydrogen-bond acceptors (Lipinski definition) is 6. The Labute approximate surface area is 153 Å². The normalized spacial score (nSPS) is 9.95. The third kappa shape index (κ3) is 5.33. The summed E-state index contributed by atoms with van der Waals surface area (Å²) in [4.78, 5) is 22.3. The van der Waals surface area contributed by atoms with Crippen LogP contribution in [0.1, 0.15) is 0 Å². The van der Waals surface area contributed by atoms with Crippen molar-refractivity contribution in [1.82, 2.24) is 0 Å². The van der Waals surface area contributed by atoms with E-state index in [9.17, 15) is 9.59 Å². The van der Waals surface area contributed by atoms with Gasteiger partial charge in [0.2, 0.25) is 0 Å². The molecule has 0 unspecified atom stereocenters. The van der Waals surface area contributed by atoms with Crippen LogP contribution in [0.5, 0.6) is 11.5 Å². The van der Waals surface area contributed by atoms with Crippen LogP contribution < -0.4 is 9.47 Å². The van der Waals surface area contributed by atoms with Crippen molar-refractivity contribution in [2.75, 3.05) is 27.4 Å². The molecule has 6 nitrogen and oxygen atoms in total. The van der Waals surface area contributed by atoms with Gasteiger partial charge in [0.05, 0.1) is 22.8 Å². The van der Waals surface area contributed by atoms with Crippen molar-refractivity contribution in [3.05, 3.63) is 18.2 Å². The second kappa shape index (κ2) is 8.83. The molecule has 0 aliphatic heterocycles. The second-order valence-electron chi connectivity index (χ2n) is 3.54. The topological polar surface area (TPSA) is 71.1 Å². The summed E-state index contributed by atoms with van der Waals surface area (Å²) in [6.45, 7) is -0.573. The highest BCUT2D eigenvalue weighted by atomic mass is 127. The fraction of sp³-hybridized carbons (Fsp3) is 0.333. The van der Waals surface area contributed by atoms with Crippen LogP contribution >= 0.6 is 56.8 Å². The Balaban J connectivity index is 3.03. The van der Waals surface area contributed by atoms with Gasteiger partial charge in [-0.25, -0.2) is 9.59 Å². The van der Waals surface area contributed by atoms with E-state index in [2.05, 4.69) is 9.47 Å².